The van der Waals surface area contributed by atoms with E-state index in [4.69, 9.17) is 4.74 Å². The molecule has 1 N–H and O–H groups in total. The van der Waals surface area contributed by atoms with E-state index in [1.54, 1.807) is 7.11 Å². The number of hydrogen-bond donors (Lipinski definition) is 1. The lowest BCUT2D eigenvalue weighted by Crippen LogP contribution is -2.23. The molecule has 0 saturated heterocycles. The Morgan fingerprint density at radius 2 is 1.91 bits per heavy atom. The number of aromatic nitrogens is 1. The van der Waals surface area contributed by atoms with Crippen LogP contribution in [0.15, 0.2) is 54.7 Å². The Morgan fingerprint density at radius 3 is 2.64 bits per heavy atom. The van der Waals surface area contributed by atoms with E-state index in [9.17, 15) is 4.79 Å². The van der Waals surface area contributed by atoms with Crippen LogP contribution in [0.1, 0.15) is 15.9 Å². The predicted octanol–water partition coefficient (Wildman–Crippen LogP) is 3.12. The smallest absolute Gasteiger partial charge is 0.253 e. The lowest BCUT2D eigenvalue weighted by atomic mass is 10.1. The van der Waals surface area contributed by atoms with Gasteiger partial charge in [-0.1, -0.05) is 24.3 Å². The summed E-state index contributed by atoms with van der Waals surface area (Å²) in [7, 11) is 3.58. The van der Waals surface area contributed by atoms with Crippen LogP contribution in [0, 0.1) is 0 Å². The summed E-state index contributed by atoms with van der Waals surface area (Å²) >= 11 is 0. The molecule has 0 aliphatic carbocycles. The van der Waals surface area contributed by atoms with Crippen LogP contribution >= 0.6 is 0 Å². The van der Waals surface area contributed by atoms with Crippen LogP contribution in [0.25, 0.3) is 10.9 Å². The van der Waals surface area contributed by atoms with Gasteiger partial charge in [0.2, 0.25) is 0 Å². The van der Waals surface area contributed by atoms with Crippen molar-refractivity contribution in [3.8, 4) is 5.75 Å². The van der Waals surface area contributed by atoms with Gasteiger partial charge in [-0.05, 0) is 29.8 Å². The maximum Gasteiger partial charge on any atom is 0.253 e. The second-order valence-electron chi connectivity index (χ2n) is 5.20. The molecule has 112 valence electrons. The summed E-state index contributed by atoms with van der Waals surface area (Å²) in [6.45, 7) is 0.490. The van der Waals surface area contributed by atoms with E-state index in [1.165, 1.54) is 0 Å². The lowest BCUT2D eigenvalue weighted by molar-refractivity contribution is 0.0952. The third-order valence-corrected chi connectivity index (χ3v) is 3.75. The van der Waals surface area contributed by atoms with E-state index in [-0.39, 0.29) is 5.91 Å². The number of para-hydroxylation sites is 1. The quantitative estimate of drug-likeness (QED) is 0.803. The van der Waals surface area contributed by atoms with E-state index in [0.29, 0.717) is 12.1 Å². The predicted molar refractivity (Wildman–Crippen MR) is 87.1 cm³/mol. The fraction of sp³-hybridized carbons (Fsp3) is 0.167. The molecule has 1 heterocycles. The van der Waals surface area contributed by atoms with E-state index >= 15 is 0 Å². The van der Waals surface area contributed by atoms with E-state index in [2.05, 4.69) is 5.32 Å². The molecule has 0 atom stereocenters. The summed E-state index contributed by atoms with van der Waals surface area (Å²) in [5.41, 5.74) is 2.68. The number of amides is 1. The third-order valence-electron chi connectivity index (χ3n) is 3.75. The average Bonchev–Trinajstić information content (AvgIpc) is 2.94. The molecular weight excluding hydrogens is 276 g/mol. The van der Waals surface area contributed by atoms with E-state index in [1.807, 2.05) is 66.3 Å². The summed E-state index contributed by atoms with van der Waals surface area (Å²) in [5, 5.41) is 4.04. The number of rotatable bonds is 4. The van der Waals surface area contributed by atoms with Crippen LogP contribution in [0.3, 0.4) is 0 Å². The molecule has 0 aliphatic rings. The maximum atomic E-state index is 12.5. The Hall–Kier alpha value is -2.75. The van der Waals surface area contributed by atoms with Gasteiger partial charge in [0.15, 0.2) is 0 Å². The van der Waals surface area contributed by atoms with Gasteiger partial charge in [-0.3, -0.25) is 4.79 Å². The number of nitrogens with zero attached hydrogens (tertiary/aromatic N) is 1. The Balaban J connectivity index is 1.77. The first-order valence-corrected chi connectivity index (χ1v) is 7.14. The van der Waals surface area contributed by atoms with Crippen molar-refractivity contribution in [1.82, 2.24) is 9.88 Å². The average molecular weight is 294 g/mol. The highest BCUT2D eigenvalue weighted by atomic mass is 16.5. The fourth-order valence-electron chi connectivity index (χ4n) is 2.56. The molecule has 0 fully saturated rings. The van der Waals surface area contributed by atoms with Crippen molar-refractivity contribution in [2.24, 2.45) is 7.05 Å². The van der Waals surface area contributed by atoms with Crippen LogP contribution in [-0.4, -0.2) is 17.6 Å². The molecule has 3 rings (SSSR count). The second kappa shape index (κ2) is 5.93. The first-order valence-electron chi connectivity index (χ1n) is 7.14. The number of fused-ring (bicyclic) bond motifs is 1. The highest BCUT2D eigenvalue weighted by Crippen LogP contribution is 2.19. The van der Waals surface area contributed by atoms with Crippen LogP contribution < -0.4 is 10.1 Å². The monoisotopic (exact) mass is 294 g/mol. The van der Waals surface area contributed by atoms with Crippen molar-refractivity contribution in [2.45, 2.75) is 6.54 Å². The van der Waals surface area contributed by atoms with Crippen molar-refractivity contribution in [3.05, 3.63) is 65.9 Å². The largest absolute Gasteiger partial charge is 0.497 e. The Labute approximate surface area is 129 Å². The molecule has 4 heteroatoms. The van der Waals surface area contributed by atoms with Gasteiger partial charge in [0.25, 0.3) is 5.91 Å². The van der Waals surface area contributed by atoms with Gasteiger partial charge in [0, 0.05) is 25.2 Å². The number of aryl methyl sites for hydroxylation is 1. The Morgan fingerprint density at radius 1 is 1.14 bits per heavy atom. The van der Waals surface area contributed by atoms with Crippen LogP contribution in [0.2, 0.25) is 0 Å². The van der Waals surface area contributed by atoms with Gasteiger partial charge < -0.3 is 14.6 Å². The number of carbonyl (C=O) groups is 1. The van der Waals surface area contributed by atoms with Crippen molar-refractivity contribution in [2.75, 3.05) is 7.11 Å². The zero-order chi connectivity index (χ0) is 15.5. The van der Waals surface area contributed by atoms with Gasteiger partial charge in [-0.15, -0.1) is 0 Å². The minimum Gasteiger partial charge on any atom is -0.497 e. The topological polar surface area (TPSA) is 43.3 Å². The van der Waals surface area contributed by atoms with Gasteiger partial charge in [0.1, 0.15) is 5.75 Å². The van der Waals surface area contributed by atoms with Gasteiger partial charge in [-0.2, -0.15) is 0 Å². The highest BCUT2D eigenvalue weighted by molar-refractivity contribution is 6.05. The zero-order valence-corrected chi connectivity index (χ0v) is 12.7. The van der Waals surface area contributed by atoms with Gasteiger partial charge >= 0.3 is 0 Å². The fourth-order valence-corrected chi connectivity index (χ4v) is 2.56. The van der Waals surface area contributed by atoms with Crippen molar-refractivity contribution < 1.29 is 9.53 Å². The lowest BCUT2D eigenvalue weighted by Gasteiger charge is -2.08. The first kappa shape index (κ1) is 14.2. The van der Waals surface area contributed by atoms with Crippen molar-refractivity contribution >= 4 is 16.8 Å². The number of hydrogen-bond acceptors (Lipinski definition) is 2. The van der Waals surface area contributed by atoms with Gasteiger partial charge in [0.05, 0.1) is 18.2 Å². The number of benzene rings is 2. The minimum atomic E-state index is -0.0665. The molecule has 1 amide bonds. The summed E-state index contributed by atoms with van der Waals surface area (Å²) in [5.74, 6) is 0.742. The van der Waals surface area contributed by atoms with Crippen LogP contribution in [0.5, 0.6) is 5.75 Å². The molecule has 4 nitrogen and oxygen atoms in total. The third kappa shape index (κ3) is 2.68. The molecule has 2 aromatic carbocycles. The SMILES string of the molecule is COc1ccc(CNC(=O)c2cccc3ccn(C)c23)cc1. The number of ether oxygens (including phenoxy) is 1. The van der Waals surface area contributed by atoms with Crippen molar-refractivity contribution in [3.63, 3.8) is 0 Å². The molecule has 0 radical (unpaired) electrons. The van der Waals surface area contributed by atoms with Crippen LogP contribution in [0.4, 0.5) is 0 Å². The van der Waals surface area contributed by atoms with Gasteiger partial charge in [-0.25, -0.2) is 0 Å². The molecule has 0 spiro atoms. The Kier molecular flexibility index (Phi) is 3.83. The first-order chi connectivity index (χ1) is 10.7. The molecule has 0 unspecified atom stereocenters. The summed E-state index contributed by atoms with van der Waals surface area (Å²) in [4.78, 5) is 12.5. The number of nitrogens with one attached hydrogen (secondary N) is 1. The van der Waals surface area contributed by atoms with Crippen molar-refractivity contribution in [1.29, 1.82) is 0 Å². The highest BCUT2D eigenvalue weighted by Gasteiger charge is 2.11. The molecule has 0 bridgehead atoms. The molecule has 1 aromatic heterocycles. The molecule has 0 saturated carbocycles. The zero-order valence-electron chi connectivity index (χ0n) is 12.7. The molecular formula is C18H18N2O2. The number of carbonyl (C=O) groups excluding carboxylic acids is 1. The normalized spacial score (nSPS) is 10.6. The minimum absolute atomic E-state index is 0.0665. The standard InChI is InChI=1S/C18H18N2O2/c1-20-11-10-14-4-3-5-16(17(14)20)18(21)19-12-13-6-8-15(22-2)9-7-13/h3-11H,12H2,1-2H3,(H,19,21). The van der Waals surface area contributed by atoms with E-state index < -0.39 is 0 Å². The molecule has 3 aromatic rings. The van der Waals surface area contributed by atoms with E-state index in [0.717, 1.165) is 22.2 Å². The Bertz CT molecular complexity index is 804. The summed E-state index contributed by atoms with van der Waals surface area (Å²) < 4.78 is 7.10. The second-order valence-corrected chi connectivity index (χ2v) is 5.20. The van der Waals surface area contributed by atoms with Crippen LogP contribution in [-0.2, 0) is 13.6 Å². The molecule has 22 heavy (non-hydrogen) atoms. The summed E-state index contributed by atoms with van der Waals surface area (Å²) in [6, 6.07) is 15.4. The summed E-state index contributed by atoms with van der Waals surface area (Å²) in [6.07, 6.45) is 1.96. The molecule has 0 aliphatic heterocycles. The maximum absolute atomic E-state index is 12.5. The number of methoxy groups -OCH3 is 1.